The van der Waals surface area contributed by atoms with Crippen LogP contribution in [0.3, 0.4) is 0 Å². The molecule has 0 saturated heterocycles. The van der Waals surface area contributed by atoms with Crippen molar-refractivity contribution >= 4 is 23.1 Å². The lowest BCUT2D eigenvalue weighted by Crippen LogP contribution is -1.66. The van der Waals surface area contributed by atoms with Gasteiger partial charge >= 0.3 is 0 Å². The fourth-order valence-corrected chi connectivity index (χ4v) is 1.15. The van der Waals surface area contributed by atoms with Gasteiger partial charge in [0, 0.05) is 5.38 Å². The first-order valence-corrected chi connectivity index (χ1v) is 13.6. The number of H-pyrrole nitrogens is 2. The minimum Gasteiger partial charge on any atom is -0.266 e. The van der Waals surface area contributed by atoms with Crippen molar-refractivity contribution in [3.8, 4) is 0 Å². The molecule has 0 unspecified atom stereocenters. The molecule has 0 aliphatic carbocycles. The zero-order chi connectivity index (χ0) is 28.5. The summed E-state index contributed by atoms with van der Waals surface area (Å²) in [5.41, 5.74) is 1.68. The Morgan fingerprint density at radius 1 is 0.568 bits per heavy atom. The number of hydrogen-bond acceptors (Lipinski definition) is 10. The predicted octanol–water partition coefficient (Wildman–Crippen LogP) is 7.97. The van der Waals surface area contributed by atoms with E-state index in [1.54, 1.807) is 11.7 Å². The molecule has 4 heterocycles. The van der Waals surface area contributed by atoms with Gasteiger partial charge in [0.15, 0.2) is 0 Å². The fraction of sp³-hybridized carbons (Fsp3) is 0.680. The lowest BCUT2D eigenvalue weighted by molar-refractivity contribution is 0.736. The molecule has 10 nitrogen and oxygen atoms in total. The summed E-state index contributed by atoms with van der Waals surface area (Å²) >= 11 is 2.70. The number of nitrogens with zero attached hydrogens (tertiary/aromatic N) is 8. The molecule has 37 heavy (non-hydrogen) atoms. The van der Waals surface area contributed by atoms with Gasteiger partial charge in [-0.25, -0.2) is 15.0 Å². The Bertz CT molecular complexity index is 505. The predicted molar refractivity (Wildman–Crippen MR) is 161 cm³/mol. The first-order chi connectivity index (χ1) is 16.9. The fourth-order valence-electron chi connectivity index (χ4n) is 0.605. The van der Waals surface area contributed by atoms with E-state index < -0.39 is 0 Å². The third kappa shape index (κ3) is 109. The van der Waals surface area contributed by atoms with E-state index >= 15 is 0 Å². The van der Waals surface area contributed by atoms with Crippen LogP contribution in [0.25, 0.3) is 0 Å². The number of rotatable bonds is 0. The van der Waals surface area contributed by atoms with Gasteiger partial charge in [0.1, 0.15) is 37.1 Å². The topological polar surface area (TPSA) is 135 Å². The largest absolute Gasteiger partial charge is 0.266 e. The molecule has 4 rings (SSSR count). The second kappa shape index (κ2) is 40.6. The Labute approximate surface area is 234 Å². The van der Waals surface area contributed by atoms with E-state index in [0.717, 1.165) is 23.7 Å². The minimum atomic E-state index is 0. The molecule has 12 heteroatoms. The van der Waals surface area contributed by atoms with Crippen LogP contribution in [0.1, 0.15) is 90.5 Å². The van der Waals surface area contributed by atoms with E-state index in [-0.39, 0.29) is 7.43 Å². The smallest absolute Gasteiger partial charge is 0.137 e. The number of nitrogens with one attached hydrogen (secondary N) is 2. The van der Waals surface area contributed by atoms with Gasteiger partial charge in [-0.2, -0.15) is 14.6 Å². The summed E-state index contributed by atoms with van der Waals surface area (Å²) in [5.74, 6) is 3.33. The van der Waals surface area contributed by atoms with Crippen molar-refractivity contribution in [2.75, 3.05) is 0 Å². The lowest BCUT2D eigenvalue weighted by atomic mass is 10.3. The van der Waals surface area contributed by atoms with Crippen molar-refractivity contribution in [3.63, 3.8) is 0 Å². The van der Waals surface area contributed by atoms with Crippen LogP contribution in [-0.4, -0.2) is 49.3 Å². The minimum absolute atomic E-state index is 0. The summed E-state index contributed by atoms with van der Waals surface area (Å²) in [6.07, 6.45) is 9.09. The van der Waals surface area contributed by atoms with Gasteiger partial charge in [-0.1, -0.05) is 95.0 Å². The van der Waals surface area contributed by atoms with Crippen molar-refractivity contribution in [1.29, 1.82) is 0 Å². The Balaban J connectivity index is -0.000000105. The molecule has 0 spiro atoms. The molecule has 0 aromatic carbocycles. The molecule has 0 aliphatic rings. The zero-order valence-corrected chi connectivity index (χ0v) is 26.0. The SMILES string of the molecule is C.CC(C)C.CC(C)C.CC(C)C.CC(C)C.c1csnn1.c1nc[nH]n1.c1nc[nH]n1.c1ncsn1. The van der Waals surface area contributed by atoms with Crippen LogP contribution in [0.2, 0.25) is 0 Å². The Morgan fingerprint density at radius 2 is 0.973 bits per heavy atom. The second-order valence-corrected chi connectivity index (χ2v) is 10.7. The maximum atomic E-state index is 3.65. The van der Waals surface area contributed by atoms with Crippen molar-refractivity contribution in [2.45, 2.75) is 90.5 Å². The monoisotopic (exact) mass is 558 g/mol. The van der Waals surface area contributed by atoms with Gasteiger partial charge in [0.25, 0.3) is 0 Å². The van der Waals surface area contributed by atoms with E-state index in [2.05, 4.69) is 132 Å². The van der Waals surface area contributed by atoms with Crippen LogP contribution in [0.15, 0.2) is 48.7 Å². The summed E-state index contributed by atoms with van der Waals surface area (Å²) in [6, 6.07) is 0. The quantitative estimate of drug-likeness (QED) is 0.222. The highest BCUT2D eigenvalue weighted by Gasteiger charge is 1.69. The average molecular weight is 559 g/mol. The molecule has 0 bridgehead atoms. The molecule has 4 aromatic rings. The van der Waals surface area contributed by atoms with Gasteiger partial charge in [0.05, 0.1) is 6.20 Å². The van der Waals surface area contributed by atoms with Crippen LogP contribution in [0.5, 0.6) is 0 Å². The van der Waals surface area contributed by atoms with Gasteiger partial charge in [-0.05, 0) is 46.7 Å². The number of aromatic nitrogens is 10. The van der Waals surface area contributed by atoms with Crippen molar-refractivity contribution in [2.24, 2.45) is 23.7 Å². The second-order valence-electron chi connectivity index (χ2n) is 9.40. The van der Waals surface area contributed by atoms with Gasteiger partial charge in [0.2, 0.25) is 0 Å². The van der Waals surface area contributed by atoms with E-state index in [1.165, 1.54) is 54.7 Å². The van der Waals surface area contributed by atoms with E-state index in [1.807, 2.05) is 5.38 Å². The van der Waals surface area contributed by atoms with Crippen LogP contribution < -0.4 is 0 Å². The first-order valence-electron chi connectivity index (χ1n) is 11.9. The highest BCUT2D eigenvalue weighted by atomic mass is 32.1. The average Bonchev–Trinajstić information content (AvgIpc) is 3.60. The Morgan fingerprint density at radius 3 is 1.05 bits per heavy atom. The van der Waals surface area contributed by atoms with Gasteiger partial charge < -0.3 is 0 Å². The highest BCUT2D eigenvalue weighted by molar-refractivity contribution is 7.03. The van der Waals surface area contributed by atoms with Crippen LogP contribution in [0, 0.1) is 23.7 Å². The standard InChI is InChI=1S/4C4H10.2C2H3N3.2C2H2N2S.CH4/c4*1-4(2)3;3*1-3-2-5-4-1;1-2-5-4-3-1;/h4*4H,1-3H3;2*1-2H,(H,3,4,5);2*1-2H;1H4. The molecular formula is C25H54N10S2. The maximum absolute atomic E-state index is 3.65. The van der Waals surface area contributed by atoms with Crippen LogP contribution >= 0.6 is 23.1 Å². The molecule has 216 valence electrons. The lowest BCUT2D eigenvalue weighted by Gasteiger charge is -1.79. The number of hydrogen-bond donors (Lipinski definition) is 2. The van der Waals surface area contributed by atoms with Crippen LogP contribution in [-0.2, 0) is 0 Å². The summed E-state index contributed by atoms with van der Waals surface area (Å²) in [7, 11) is 0. The van der Waals surface area contributed by atoms with Crippen molar-refractivity contribution in [1.82, 2.24) is 49.3 Å². The molecule has 0 fully saturated rings. The third-order valence-corrected chi connectivity index (χ3v) is 2.09. The maximum Gasteiger partial charge on any atom is 0.137 e. The van der Waals surface area contributed by atoms with Crippen molar-refractivity contribution in [3.05, 3.63) is 48.7 Å². The van der Waals surface area contributed by atoms with E-state index in [9.17, 15) is 0 Å². The van der Waals surface area contributed by atoms with Gasteiger partial charge in [-0.3, -0.25) is 10.2 Å². The number of aromatic amines is 2. The molecule has 0 saturated carbocycles. The summed E-state index contributed by atoms with van der Waals surface area (Å²) in [5, 5.41) is 17.3. The van der Waals surface area contributed by atoms with Crippen molar-refractivity contribution < 1.29 is 0 Å². The highest BCUT2D eigenvalue weighted by Crippen LogP contribution is 1.82. The zero-order valence-electron chi connectivity index (χ0n) is 24.3. The third-order valence-electron chi connectivity index (χ3n) is 1.23. The molecule has 0 amide bonds. The summed E-state index contributed by atoms with van der Waals surface area (Å²) < 4.78 is 7.17. The Hall–Kier alpha value is -2.60. The molecule has 0 aliphatic heterocycles. The van der Waals surface area contributed by atoms with E-state index in [4.69, 9.17) is 0 Å². The molecule has 0 atom stereocenters. The van der Waals surface area contributed by atoms with Gasteiger partial charge in [-0.15, -0.1) is 5.10 Å². The molecule has 2 N–H and O–H groups in total. The summed E-state index contributed by atoms with van der Waals surface area (Å²) in [6.45, 7) is 26.0. The molecule has 0 radical (unpaired) electrons. The van der Waals surface area contributed by atoms with E-state index in [0.29, 0.717) is 0 Å². The molecule has 4 aromatic heterocycles. The first kappa shape index (κ1) is 44.4. The normalized spacial score (nSPS) is 8.22. The summed E-state index contributed by atoms with van der Waals surface area (Å²) in [4.78, 5) is 10.7. The Kier molecular flexibility index (Phi) is 48.7. The molecular weight excluding hydrogens is 504 g/mol. The van der Waals surface area contributed by atoms with Crippen LogP contribution in [0.4, 0.5) is 0 Å².